The van der Waals surface area contributed by atoms with E-state index >= 15 is 0 Å². The van der Waals surface area contributed by atoms with E-state index in [2.05, 4.69) is 67.3 Å². The normalized spacial score (nSPS) is 21.4. The number of fused-ring (bicyclic) bond motifs is 2. The summed E-state index contributed by atoms with van der Waals surface area (Å²) >= 11 is 12.7. The lowest BCUT2D eigenvalue weighted by Gasteiger charge is -2.47. The Balaban J connectivity index is 1.78. The maximum atomic E-state index is 6.78. The number of hydrogen-bond donors (Lipinski definition) is 0. The molecule has 0 aliphatic carbocycles. The monoisotopic (exact) mass is 407 g/mol. The van der Waals surface area contributed by atoms with Gasteiger partial charge < -0.3 is 4.74 Å². The maximum Gasteiger partial charge on any atom is 0.216 e. The van der Waals surface area contributed by atoms with Crippen LogP contribution in [-0.4, -0.2) is 5.72 Å². The first-order valence-electron chi connectivity index (χ1n) is 9.26. The third-order valence-corrected chi connectivity index (χ3v) is 6.34. The van der Waals surface area contributed by atoms with E-state index < -0.39 is 5.72 Å². The predicted molar refractivity (Wildman–Crippen MR) is 117 cm³/mol. The van der Waals surface area contributed by atoms with E-state index in [4.69, 9.17) is 27.9 Å². The Morgan fingerprint density at radius 1 is 0.893 bits per heavy atom. The lowest BCUT2D eigenvalue weighted by Crippen LogP contribution is -2.57. The summed E-state index contributed by atoms with van der Waals surface area (Å²) in [5.74, 6) is 0.662. The van der Waals surface area contributed by atoms with Crippen molar-refractivity contribution in [2.45, 2.75) is 25.0 Å². The molecule has 1 atom stereocenters. The fraction of sp³-hybridized carbons (Fsp3) is 0.167. The van der Waals surface area contributed by atoms with Crippen LogP contribution in [0.1, 0.15) is 25.0 Å². The van der Waals surface area contributed by atoms with Crippen molar-refractivity contribution in [2.75, 3.05) is 4.90 Å². The highest BCUT2D eigenvalue weighted by Crippen LogP contribution is 2.58. The van der Waals surface area contributed by atoms with Crippen LogP contribution in [-0.2, 0) is 5.41 Å². The van der Waals surface area contributed by atoms with E-state index in [1.54, 1.807) is 6.07 Å². The SMILES string of the molecule is CC1(C)c2ccccc2N(c2ccccc2)[C@]12C=Cc1cc(Cl)cc(Cl)c1O2. The number of nitrogens with zero attached hydrogens (tertiary/aromatic N) is 1. The molecule has 0 amide bonds. The van der Waals surface area contributed by atoms with E-state index in [0.717, 1.165) is 16.9 Å². The van der Waals surface area contributed by atoms with E-state index in [1.165, 1.54) is 5.56 Å². The molecule has 0 bridgehead atoms. The lowest BCUT2D eigenvalue weighted by atomic mass is 9.76. The molecular formula is C24H19Cl2NO. The third kappa shape index (κ3) is 2.28. The smallest absolute Gasteiger partial charge is 0.216 e. The second-order valence-corrected chi connectivity index (χ2v) is 8.59. The van der Waals surface area contributed by atoms with Crippen molar-refractivity contribution in [1.82, 2.24) is 0 Å². The zero-order chi connectivity index (χ0) is 19.5. The van der Waals surface area contributed by atoms with Gasteiger partial charge in [-0.05, 0) is 61.9 Å². The number of anilines is 2. The van der Waals surface area contributed by atoms with E-state index in [9.17, 15) is 0 Å². The number of hydrogen-bond acceptors (Lipinski definition) is 2. The molecule has 2 nitrogen and oxygen atoms in total. The quantitative estimate of drug-likeness (QED) is 0.421. The van der Waals surface area contributed by atoms with Crippen LogP contribution < -0.4 is 9.64 Å². The van der Waals surface area contributed by atoms with Crippen molar-refractivity contribution in [3.63, 3.8) is 0 Å². The van der Waals surface area contributed by atoms with Gasteiger partial charge in [0.05, 0.1) is 10.4 Å². The van der Waals surface area contributed by atoms with Crippen LogP contribution in [0.4, 0.5) is 11.4 Å². The summed E-state index contributed by atoms with van der Waals surface area (Å²) in [4.78, 5) is 2.27. The molecule has 0 unspecified atom stereocenters. The summed E-state index contributed by atoms with van der Waals surface area (Å²) in [5.41, 5.74) is 3.26. The molecule has 2 aliphatic rings. The van der Waals surface area contributed by atoms with E-state index in [1.807, 2.05) is 24.3 Å². The molecule has 0 aromatic heterocycles. The Morgan fingerprint density at radius 2 is 1.61 bits per heavy atom. The van der Waals surface area contributed by atoms with Crippen molar-refractivity contribution < 1.29 is 4.74 Å². The number of para-hydroxylation sites is 2. The molecule has 1 spiro atoms. The zero-order valence-electron chi connectivity index (χ0n) is 15.6. The van der Waals surface area contributed by atoms with Crippen LogP contribution in [0, 0.1) is 0 Å². The molecule has 3 aromatic carbocycles. The van der Waals surface area contributed by atoms with Crippen molar-refractivity contribution in [3.05, 3.63) is 94.0 Å². The summed E-state index contributed by atoms with van der Waals surface area (Å²) in [7, 11) is 0. The lowest BCUT2D eigenvalue weighted by molar-refractivity contribution is 0.0631. The van der Waals surface area contributed by atoms with E-state index in [-0.39, 0.29) is 5.41 Å². The minimum absolute atomic E-state index is 0.323. The summed E-state index contributed by atoms with van der Waals surface area (Å²) in [5, 5.41) is 1.12. The van der Waals surface area contributed by atoms with Gasteiger partial charge in [-0.3, -0.25) is 4.90 Å². The molecule has 4 heteroatoms. The predicted octanol–water partition coefficient (Wildman–Crippen LogP) is 7.22. The molecule has 140 valence electrons. The molecule has 0 saturated carbocycles. The van der Waals surface area contributed by atoms with Crippen LogP contribution in [0.3, 0.4) is 0 Å². The molecule has 0 fully saturated rings. The molecule has 28 heavy (non-hydrogen) atoms. The molecule has 0 saturated heterocycles. The van der Waals surface area contributed by atoms with Crippen LogP contribution in [0.15, 0.2) is 72.8 Å². The average molecular weight is 408 g/mol. The minimum Gasteiger partial charge on any atom is -0.461 e. The largest absolute Gasteiger partial charge is 0.461 e. The van der Waals surface area contributed by atoms with Crippen molar-refractivity contribution in [3.8, 4) is 5.75 Å². The topological polar surface area (TPSA) is 12.5 Å². The van der Waals surface area contributed by atoms with Gasteiger partial charge in [-0.2, -0.15) is 0 Å². The van der Waals surface area contributed by atoms with Gasteiger partial charge in [0.15, 0.2) is 0 Å². The molecule has 2 aliphatic heterocycles. The van der Waals surface area contributed by atoms with Gasteiger partial charge in [-0.1, -0.05) is 59.6 Å². The van der Waals surface area contributed by atoms with Gasteiger partial charge in [0.25, 0.3) is 0 Å². The first-order valence-corrected chi connectivity index (χ1v) is 10.0. The molecule has 0 radical (unpaired) electrons. The second-order valence-electron chi connectivity index (χ2n) is 7.75. The highest BCUT2D eigenvalue weighted by atomic mass is 35.5. The Bertz CT molecular complexity index is 1110. The van der Waals surface area contributed by atoms with E-state index in [0.29, 0.717) is 15.8 Å². The Kier molecular flexibility index (Phi) is 3.81. The van der Waals surface area contributed by atoms with Crippen molar-refractivity contribution >= 4 is 40.7 Å². The first-order chi connectivity index (χ1) is 13.4. The molecule has 0 N–H and O–H groups in total. The summed E-state index contributed by atoms with van der Waals surface area (Å²) in [6.45, 7) is 4.43. The standard InChI is InChI=1S/C24H19Cl2NO/c1-23(2)19-10-6-7-11-21(19)27(18-8-4-3-5-9-18)24(23)13-12-16-14-17(25)15-20(26)22(16)28-24/h3-15H,1-2H3/t24-/m0/s1. The van der Waals surface area contributed by atoms with Gasteiger partial charge >= 0.3 is 0 Å². The fourth-order valence-corrected chi connectivity index (χ4v) is 4.96. The Hall–Kier alpha value is -2.42. The average Bonchev–Trinajstić information content (AvgIpc) is 2.87. The molecule has 2 heterocycles. The summed E-state index contributed by atoms with van der Waals surface area (Å²) in [6, 6.07) is 22.4. The number of benzene rings is 3. The number of halogens is 2. The Morgan fingerprint density at radius 3 is 2.39 bits per heavy atom. The van der Waals surface area contributed by atoms with Crippen LogP contribution >= 0.6 is 23.2 Å². The van der Waals surface area contributed by atoms with Crippen LogP contribution in [0.25, 0.3) is 6.08 Å². The zero-order valence-corrected chi connectivity index (χ0v) is 17.1. The van der Waals surface area contributed by atoms with Crippen molar-refractivity contribution in [2.24, 2.45) is 0 Å². The minimum atomic E-state index is -0.748. The number of ether oxygens (including phenoxy) is 1. The van der Waals surface area contributed by atoms with Crippen LogP contribution in [0.2, 0.25) is 10.0 Å². The maximum absolute atomic E-state index is 6.78. The number of rotatable bonds is 1. The summed E-state index contributed by atoms with van der Waals surface area (Å²) in [6.07, 6.45) is 4.20. The highest BCUT2D eigenvalue weighted by Gasteiger charge is 2.59. The Labute approximate surface area is 175 Å². The molecule has 5 rings (SSSR count). The fourth-order valence-electron chi connectivity index (χ4n) is 4.42. The molecule has 3 aromatic rings. The third-order valence-electron chi connectivity index (χ3n) is 5.84. The van der Waals surface area contributed by atoms with Gasteiger partial charge in [0.1, 0.15) is 5.75 Å². The van der Waals surface area contributed by atoms with Gasteiger partial charge in [-0.15, -0.1) is 0 Å². The highest BCUT2D eigenvalue weighted by molar-refractivity contribution is 6.36. The van der Waals surface area contributed by atoms with Gasteiger partial charge in [-0.25, -0.2) is 0 Å². The second kappa shape index (κ2) is 6.04. The van der Waals surface area contributed by atoms with Gasteiger partial charge in [0, 0.05) is 22.0 Å². The first kappa shape index (κ1) is 17.7. The summed E-state index contributed by atoms with van der Waals surface area (Å²) < 4.78 is 6.78. The van der Waals surface area contributed by atoms with Crippen molar-refractivity contribution in [1.29, 1.82) is 0 Å². The van der Waals surface area contributed by atoms with Gasteiger partial charge in [0.2, 0.25) is 5.72 Å². The molecular weight excluding hydrogens is 389 g/mol. The van der Waals surface area contributed by atoms with Crippen LogP contribution in [0.5, 0.6) is 5.75 Å².